The minimum atomic E-state index is -0.422. The Kier molecular flexibility index (Phi) is 7.15. The summed E-state index contributed by atoms with van der Waals surface area (Å²) in [6, 6.07) is 23.8. The molecule has 1 atom stereocenters. The van der Waals surface area contributed by atoms with Gasteiger partial charge in [0.25, 0.3) is 5.91 Å². The number of aromatic nitrogens is 2. The van der Waals surface area contributed by atoms with Gasteiger partial charge in [-0.1, -0.05) is 30.3 Å². The van der Waals surface area contributed by atoms with Gasteiger partial charge in [-0.2, -0.15) is 0 Å². The highest BCUT2D eigenvalue weighted by molar-refractivity contribution is 5.95. The minimum Gasteiger partial charge on any atom is -0.497 e. The summed E-state index contributed by atoms with van der Waals surface area (Å²) >= 11 is 0. The molecule has 0 saturated carbocycles. The third-order valence-corrected chi connectivity index (χ3v) is 5.88. The molecule has 0 aliphatic carbocycles. The number of imidazole rings is 1. The number of carbonyl (C=O) groups is 2. The van der Waals surface area contributed by atoms with Gasteiger partial charge in [-0.05, 0) is 69.3 Å². The molecule has 4 aromatic rings. The van der Waals surface area contributed by atoms with Crippen LogP contribution in [0.2, 0.25) is 0 Å². The largest absolute Gasteiger partial charge is 0.497 e. The van der Waals surface area contributed by atoms with E-state index in [4.69, 9.17) is 9.72 Å². The molecule has 0 radical (unpaired) electrons. The number of fused-ring (bicyclic) bond motifs is 1. The number of methoxy groups -OCH3 is 1. The summed E-state index contributed by atoms with van der Waals surface area (Å²) < 4.78 is 7.07. The number of para-hydroxylation sites is 3. The lowest BCUT2D eigenvalue weighted by molar-refractivity contribution is -0.119. The van der Waals surface area contributed by atoms with Crippen LogP contribution in [0.5, 0.6) is 5.75 Å². The summed E-state index contributed by atoms with van der Waals surface area (Å²) in [5, 5.41) is 3.02. The molecule has 1 unspecified atom stereocenters. The molecule has 2 amide bonds. The van der Waals surface area contributed by atoms with E-state index in [0.717, 1.165) is 16.7 Å². The molecular formula is C28H30N4O3. The predicted molar refractivity (Wildman–Crippen MR) is 138 cm³/mol. The zero-order valence-corrected chi connectivity index (χ0v) is 20.4. The van der Waals surface area contributed by atoms with Gasteiger partial charge in [-0.15, -0.1) is 0 Å². The molecule has 1 heterocycles. The molecule has 7 heteroatoms. The fourth-order valence-corrected chi connectivity index (χ4v) is 4.21. The van der Waals surface area contributed by atoms with Crippen LogP contribution in [-0.2, 0) is 11.3 Å². The first-order valence-electron chi connectivity index (χ1n) is 11.7. The maximum atomic E-state index is 13.6. The van der Waals surface area contributed by atoms with Crippen LogP contribution >= 0.6 is 0 Å². The van der Waals surface area contributed by atoms with Crippen molar-refractivity contribution in [1.29, 1.82) is 0 Å². The molecule has 4 rings (SSSR count). The maximum Gasteiger partial charge on any atom is 0.251 e. The summed E-state index contributed by atoms with van der Waals surface area (Å²) in [7, 11) is 1.58. The van der Waals surface area contributed by atoms with Crippen LogP contribution in [0.1, 0.15) is 43.0 Å². The van der Waals surface area contributed by atoms with E-state index in [9.17, 15) is 9.59 Å². The van der Waals surface area contributed by atoms with Crippen molar-refractivity contribution >= 4 is 28.5 Å². The van der Waals surface area contributed by atoms with Crippen LogP contribution < -0.4 is 15.0 Å². The van der Waals surface area contributed by atoms with E-state index < -0.39 is 6.04 Å². The minimum absolute atomic E-state index is 0.0182. The van der Waals surface area contributed by atoms with Crippen LogP contribution in [0.3, 0.4) is 0 Å². The van der Waals surface area contributed by atoms with Crippen molar-refractivity contribution in [3.05, 3.63) is 90.3 Å². The summed E-state index contributed by atoms with van der Waals surface area (Å²) in [4.78, 5) is 33.0. The maximum absolute atomic E-state index is 13.6. The molecule has 0 aliphatic rings. The third kappa shape index (κ3) is 5.19. The molecule has 35 heavy (non-hydrogen) atoms. The summed E-state index contributed by atoms with van der Waals surface area (Å²) in [5.41, 5.74) is 2.99. The Hall–Kier alpha value is -4.13. The smallest absolute Gasteiger partial charge is 0.251 e. The van der Waals surface area contributed by atoms with E-state index in [2.05, 4.69) is 5.32 Å². The number of amides is 2. The lowest BCUT2D eigenvalue weighted by atomic mass is 10.2. The van der Waals surface area contributed by atoms with Gasteiger partial charge in [0, 0.05) is 17.3 Å². The SMILES string of the molecule is COc1ccc(C(=O)NC(C)c2nc3ccccc3n2CC(=O)N(c2ccccc2)C(C)C)cc1. The molecular weight excluding hydrogens is 440 g/mol. The number of carbonyl (C=O) groups excluding carboxylic acids is 2. The number of benzene rings is 3. The van der Waals surface area contributed by atoms with Crippen LogP contribution in [0, 0.1) is 0 Å². The zero-order valence-electron chi connectivity index (χ0n) is 20.4. The van der Waals surface area contributed by atoms with Gasteiger partial charge in [0.2, 0.25) is 5.91 Å². The second kappa shape index (κ2) is 10.4. The third-order valence-electron chi connectivity index (χ3n) is 5.88. The normalized spacial score (nSPS) is 11.9. The van der Waals surface area contributed by atoms with Gasteiger partial charge >= 0.3 is 0 Å². The van der Waals surface area contributed by atoms with Crippen LogP contribution in [0.25, 0.3) is 11.0 Å². The number of nitrogens with zero attached hydrogens (tertiary/aromatic N) is 3. The Morgan fingerprint density at radius 2 is 1.60 bits per heavy atom. The first kappa shape index (κ1) is 24.0. The fraction of sp³-hybridized carbons (Fsp3) is 0.250. The fourth-order valence-electron chi connectivity index (χ4n) is 4.21. The van der Waals surface area contributed by atoms with E-state index in [-0.39, 0.29) is 24.4 Å². The van der Waals surface area contributed by atoms with Crippen molar-refractivity contribution in [3.63, 3.8) is 0 Å². The lowest BCUT2D eigenvalue weighted by Crippen LogP contribution is -2.40. The zero-order chi connectivity index (χ0) is 24.9. The van der Waals surface area contributed by atoms with Gasteiger partial charge < -0.3 is 19.5 Å². The number of nitrogens with one attached hydrogen (secondary N) is 1. The molecule has 0 bridgehead atoms. The second-order valence-corrected chi connectivity index (χ2v) is 8.66. The number of hydrogen-bond donors (Lipinski definition) is 1. The Labute approximate surface area is 205 Å². The molecule has 1 N–H and O–H groups in total. The standard InChI is InChI=1S/C28H30N4O3/c1-19(2)32(22-10-6-5-7-11-22)26(33)18-31-25-13-9-8-12-24(25)30-27(31)20(3)29-28(34)21-14-16-23(35-4)17-15-21/h5-17,19-20H,18H2,1-4H3,(H,29,34). The lowest BCUT2D eigenvalue weighted by Gasteiger charge is -2.28. The summed E-state index contributed by atoms with van der Waals surface area (Å²) in [6.45, 7) is 5.97. The monoisotopic (exact) mass is 470 g/mol. The number of rotatable bonds is 8. The molecule has 180 valence electrons. The Morgan fingerprint density at radius 3 is 2.26 bits per heavy atom. The van der Waals surface area contributed by atoms with Gasteiger partial charge in [0.05, 0.1) is 24.2 Å². The van der Waals surface area contributed by atoms with Crippen molar-refractivity contribution in [2.24, 2.45) is 0 Å². The van der Waals surface area contributed by atoms with Crippen LogP contribution in [0.15, 0.2) is 78.9 Å². The van der Waals surface area contributed by atoms with Crippen molar-refractivity contribution in [2.45, 2.75) is 39.4 Å². The highest BCUT2D eigenvalue weighted by Gasteiger charge is 2.24. The van der Waals surface area contributed by atoms with Crippen molar-refractivity contribution in [1.82, 2.24) is 14.9 Å². The van der Waals surface area contributed by atoms with Crippen molar-refractivity contribution < 1.29 is 14.3 Å². The van der Waals surface area contributed by atoms with E-state index in [1.807, 2.05) is 79.9 Å². The quantitative estimate of drug-likeness (QED) is 0.394. The molecule has 7 nitrogen and oxygen atoms in total. The highest BCUT2D eigenvalue weighted by atomic mass is 16.5. The van der Waals surface area contributed by atoms with Crippen LogP contribution in [-0.4, -0.2) is 34.5 Å². The van der Waals surface area contributed by atoms with Crippen molar-refractivity contribution in [3.8, 4) is 5.75 Å². The van der Waals surface area contributed by atoms with Gasteiger partial charge in [-0.3, -0.25) is 9.59 Å². The average Bonchev–Trinajstić information content (AvgIpc) is 3.23. The molecule has 1 aromatic heterocycles. The van der Waals surface area contributed by atoms with Gasteiger partial charge in [0.1, 0.15) is 18.1 Å². The molecule has 0 spiro atoms. The van der Waals surface area contributed by atoms with E-state index >= 15 is 0 Å². The Bertz CT molecular complexity index is 1310. The predicted octanol–water partition coefficient (Wildman–Crippen LogP) is 4.98. The van der Waals surface area contributed by atoms with Crippen molar-refractivity contribution in [2.75, 3.05) is 12.0 Å². The highest BCUT2D eigenvalue weighted by Crippen LogP contribution is 2.24. The molecule has 0 saturated heterocycles. The molecule has 0 fully saturated rings. The average molecular weight is 471 g/mol. The number of ether oxygens (including phenoxy) is 1. The molecule has 0 aliphatic heterocycles. The first-order valence-corrected chi connectivity index (χ1v) is 11.7. The van der Waals surface area contributed by atoms with Gasteiger partial charge in [-0.25, -0.2) is 4.98 Å². The van der Waals surface area contributed by atoms with E-state index in [1.54, 1.807) is 36.3 Å². The first-order chi connectivity index (χ1) is 16.9. The van der Waals surface area contributed by atoms with E-state index in [0.29, 0.717) is 17.1 Å². The number of hydrogen-bond acceptors (Lipinski definition) is 4. The second-order valence-electron chi connectivity index (χ2n) is 8.66. The van der Waals surface area contributed by atoms with Crippen LogP contribution in [0.4, 0.5) is 5.69 Å². The molecule has 3 aromatic carbocycles. The Morgan fingerprint density at radius 1 is 0.943 bits per heavy atom. The van der Waals surface area contributed by atoms with Gasteiger partial charge in [0.15, 0.2) is 0 Å². The topological polar surface area (TPSA) is 76.5 Å². The summed E-state index contributed by atoms with van der Waals surface area (Å²) in [5.74, 6) is 1.03. The summed E-state index contributed by atoms with van der Waals surface area (Å²) in [6.07, 6.45) is 0. The Balaban J connectivity index is 1.63. The number of anilines is 1. The van der Waals surface area contributed by atoms with E-state index in [1.165, 1.54) is 0 Å².